The van der Waals surface area contributed by atoms with Gasteiger partial charge in [-0.1, -0.05) is 0 Å². The zero-order chi connectivity index (χ0) is 15.1. The van der Waals surface area contributed by atoms with E-state index in [1.165, 1.54) is 12.8 Å². The Kier molecular flexibility index (Phi) is 8.29. The van der Waals surface area contributed by atoms with Gasteiger partial charge in [-0.2, -0.15) is 0 Å². The lowest BCUT2D eigenvalue weighted by Gasteiger charge is -2.21. The third-order valence-electron chi connectivity index (χ3n) is 3.50. The highest BCUT2D eigenvalue weighted by molar-refractivity contribution is 14.0. The lowest BCUT2D eigenvalue weighted by molar-refractivity contribution is -0.127. The Labute approximate surface area is 149 Å². The van der Waals surface area contributed by atoms with Crippen molar-refractivity contribution in [2.75, 3.05) is 40.3 Å². The summed E-state index contributed by atoms with van der Waals surface area (Å²) in [5.41, 5.74) is 0. The average molecular weight is 420 g/mol. The molecule has 1 aromatic rings. The summed E-state index contributed by atoms with van der Waals surface area (Å²) in [6, 6.07) is 3.85. The van der Waals surface area contributed by atoms with E-state index in [9.17, 15) is 4.79 Å². The second-order valence-electron chi connectivity index (χ2n) is 5.38. The number of amides is 1. The maximum atomic E-state index is 11.7. The van der Waals surface area contributed by atoms with E-state index >= 15 is 0 Å². The fourth-order valence-electron chi connectivity index (χ4n) is 2.23. The van der Waals surface area contributed by atoms with Crippen molar-refractivity contribution in [3.05, 3.63) is 24.2 Å². The summed E-state index contributed by atoms with van der Waals surface area (Å²) in [4.78, 5) is 19.9. The summed E-state index contributed by atoms with van der Waals surface area (Å²) in [6.07, 6.45) is 4.85. The smallest absolute Gasteiger partial charge is 0.243 e. The number of hydrogen-bond donors (Lipinski definition) is 1. The largest absolute Gasteiger partial charge is 0.469 e. The van der Waals surface area contributed by atoms with Crippen LogP contribution in [0.2, 0.25) is 0 Å². The van der Waals surface area contributed by atoms with Gasteiger partial charge in [-0.15, -0.1) is 24.0 Å². The van der Waals surface area contributed by atoms with Crippen molar-refractivity contribution < 1.29 is 9.21 Å². The summed E-state index contributed by atoms with van der Waals surface area (Å²) >= 11 is 0. The number of furan rings is 1. The molecule has 0 unspecified atom stereocenters. The standard InChI is InChI=1S/C15H24N4O2.HI/c1-18(2)14(20)12-17-15(19-9-3-4-10-19)16-8-7-13-6-5-11-21-13;/h5-6,11H,3-4,7-10,12H2,1-2H3,(H,16,17);1H. The van der Waals surface area contributed by atoms with Crippen LogP contribution in [0.5, 0.6) is 0 Å². The van der Waals surface area contributed by atoms with Crippen molar-refractivity contribution in [3.8, 4) is 0 Å². The minimum atomic E-state index is 0. The zero-order valence-electron chi connectivity index (χ0n) is 13.2. The van der Waals surface area contributed by atoms with Gasteiger partial charge in [0, 0.05) is 40.2 Å². The molecule has 1 N–H and O–H groups in total. The van der Waals surface area contributed by atoms with E-state index < -0.39 is 0 Å². The molecular formula is C15H25IN4O2. The SMILES string of the molecule is CN(C)C(=O)CN=C(NCCc1ccco1)N1CCCC1.I. The number of carbonyl (C=O) groups is 1. The normalized spacial score (nSPS) is 14.6. The molecule has 0 bridgehead atoms. The zero-order valence-corrected chi connectivity index (χ0v) is 15.6. The maximum absolute atomic E-state index is 11.7. The molecule has 0 atom stereocenters. The number of hydrogen-bond acceptors (Lipinski definition) is 3. The number of likely N-dealkylation sites (tertiary alicyclic amines) is 1. The van der Waals surface area contributed by atoms with Crippen LogP contribution in [0.4, 0.5) is 0 Å². The van der Waals surface area contributed by atoms with Gasteiger partial charge in [0.05, 0.1) is 6.26 Å². The number of likely N-dealkylation sites (N-methyl/N-ethyl adjacent to an activating group) is 1. The van der Waals surface area contributed by atoms with Crippen molar-refractivity contribution in [1.29, 1.82) is 0 Å². The predicted molar refractivity (Wildman–Crippen MR) is 97.6 cm³/mol. The molecule has 0 spiro atoms. The van der Waals surface area contributed by atoms with Crippen LogP contribution < -0.4 is 5.32 Å². The number of aliphatic imine (C=N–C) groups is 1. The van der Waals surface area contributed by atoms with Gasteiger partial charge in [-0.3, -0.25) is 4.79 Å². The number of carbonyl (C=O) groups excluding carboxylic acids is 1. The Balaban J connectivity index is 0.00000242. The van der Waals surface area contributed by atoms with Crippen molar-refractivity contribution in [1.82, 2.24) is 15.1 Å². The third-order valence-corrected chi connectivity index (χ3v) is 3.50. The van der Waals surface area contributed by atoms with Crippen LogP contribution in [0.3, 0.4) is 0 Å². The van der Waals surface area contributed by atoms with E-state index in [1.807, 2.05) is 12.1 Å². The van der Waals surface area contributed by atoms with Crippen LogP contribution in [-0.2, 0) is 11.2 Å². The lowest BCUT2D eigenvalue weighted by atomic mass is 10.3. The third kappa shape index (κ3) is 5.86. The summed E-state index contributed by atoms with van der Waals surface area (Å²) in [5, 5.41) is 3.34. The maximum Gasteiger partial charge on any atom is 0.243 e. The highest BCUT2D eigenvalue weighted by atomic mass is 127. The highest BCUT2D eigenvalue weighted by Gasteiger charge is 2.16. The molecule has 7 heteroatoms. The van der Waals surface area contributed by atoms with Crippen LogP contribution in [0, 0.1) is 0 Å². The molecule has 2 heterocycles. The minimum absolute atomic E-state index is 0. The minimum Gasteiger partial charge on any atom is -0.469 e. The van der Waals surface area contributed by atoms with Gasteiger partial charge in [0.25, 0.3) is 0 Å². The van der Waals surface area contributed by atoms with Crippen molar-refractivity contribution in [2.24, 2.45) is 4.99 Å². The number of nitrogens with one attached hydrogen (secondary N) is 1. The topological polar surface area (TPSA) is 61.1 Å². The van der Waals surface area contributed by atoms with Gasteiger partial charge in [0.15, 0.2) is 5.96 Å². The molecule has 0 aliphatic carbocycles. The summed E-state index contributed by atoms with van der Waals surface area (Å²) < 4.78 is 5.32. The molecule has 1 saturated heterocycles. The summed E-state index contributed by atoms with van der Waals surface area (Å²) in [5.74, 6) is 1.79. The Morgan fingerprint density at radius 3 is 2.73 bits per heavy atom. The molecule has 1 fully saturated rings. The Morgan fingerprint density at radius 2 is 2.14 bits per heavy atom. The second kappa shape index (κ2) is 9.70. The molecule has 0 aromatic carbocycles. The molecule has 1 amide bonds. The van der Waals surface area contributed by atoms with E-state index in [4.69, 9.17) is 4.42 Å². The van der Waals surface area contributed by atoms with E-state index in [2.05, 4.69) is 15.2 Å². The first-order valence-electron chi connectivity index (χ1n) is 7.42. The van der Waals surface area contributed by atoms with Gasteiger partial charge in [0.1, 0.15) is 12.3 Å². The van der Waals surface area contributed by atoms with Gasteiger partial charge < -0.3 is 19.5 Å². The molecule has 124 valence electrons. The molecule has 6 nitrogen and oxygen atoms in total. The summed E-state index contributed by atoms with van der Waals surface area (Å²) in [7, 11) is 3.50. The van der Waals surface area contributed by atoms with Crippen LogP contribution in [-0.4, -0.2) is 61.9 Å². The number of halogens is 1. The van der Waals surface area contributed by atoms with Crippen LogP contribution in [0.1, 0.15) is 18.6 Å². The first-order valence-corrected chi connectivity index (χ1v) is 7.42. The molecule has 2 rings (SSSR count). The second-order valence-corrected chi connectivity index (χ2v) is 5.38. The molecule has 0 saturated carbocycles. The van der Waals surface area contributed by atoms with E-state index in [-0.39, 0.29) is 36.4 Å². The summed E-state index contributed by atoms with van der Waals surface area (Å²) in [6.45, 7) is 2.94. The average Bonchev–Trinajstić information content (AvgIpc) is 3.14. The molecule has 0 radical (unpaired) electrons. The Morgan fingerprint density at radius 1 is 1.41 bits per heavy atom. The number of rotatable bonds is 5. The van der Waals surface area contributed by atoms with E-state index in [1.54, 1.807) is 25.3 Å². The number of guanidine groups is 1. The quantitative estimate of drug-likeness (QED) is 0.447. The molecule has 22 heavy (non-hydrogen) atoms. The monoisotopic (exact) mass is 420 g/mol. The van der Waals surface area contributed by atoms with Crippen LogP contribution >= 0.6 is 24.0 Å². The van der Waals surface area contributed by atoms with Gasteiger partial charge >= 0.3 is 0 Å². The molecular weight excluding hydrogens is 395 g/mol. The first-order chi connectivity index (χ1) is 10.2. The predicted octanol–water partition coefficient (Wildman–Crippen LogP) is 1.57. The first kappa shape index (κ1) is 18.8. The van der Waals surface area contributed by atoms with Crippen molar-refractivity contribution in [2.45, 2.75) is 19.3 Å². The highest BCUT2D eigenvalue weighted by Crippen LogP contribution is 2.08. The fraction of sp³-hybridized carbons (Fsp3) is 0.600. The van der Waals surface area contributed by atoms with E-state index in [0.717, 1.165) is 37.8 Å². The van der Waals surface area contributed by atoms with Gasteiger partial charge in [0.2, 0.25) is 5.91 Å². The molecule has 1 aliphatic heterocycles. The molecule has 1 aromatic heterocycles. The number of nitrogens with zero attached hydrogens (tertiary/aromatic N) is 3. The van der Waals surface area contributed by atoms with Gasteiger partial charge in [-0.25, -0.2) is 4.99 Å². The van der Waals surface area contributed by atoms with Crippen molar-refractivity contribution >= 4 is 35.8 Å². The Hall–Kier alpha value is -1.25. The molecule has 1 aliphatic rings. The Bertz CT molecular complexity index is 468. The van der Waals surface area contributed by atoms with Crippen molar-refractivity contribution in [3.63, 3.8) is 0 Å². The fourth-order valence-corrected chi connectivity index (χ4v) is 2.23. The van der Waals surface area contributed by atoms with Gasteiger partial charge in [-0.05, 0) is 25.0 Å². The van der Waals surface area contributed by atoms with Crippen LogP contribution in [0.15, 0.2) is 27.8 Å². The lowest BCUT2D eigenvalue weighted by Crippen LogP contribution is -2.41. The van der Waals surface area contributed by atoms with Crippen LogP contribution in [0.25, 0.3) is 0 Å². The van der Waals surface area contributed by atoms with E-state index in [0.29, 0.717) is 0 Å².